The van der Waals surface area contributed by atoms with Gasteiger partial charge in [0.15, 0.2) is 11.6 Å². The lowest BCUT2D eigenvalue weighted by Gasteiger charge is -2.23. The van der Waals surface area contributed by atoms with Gasteiger partial charge in [-0.05, 0) is 12.8 Å². The highest BCUT2D eigenvalue weighted by Gasteiger charge is 2.25. The summed E-state index contributed by atoms with van der Waals surface area (Å²) in [5, 5.41) is 0. The van der Waals surface area contributed by atoms with Crippen LogP contribution in [0.25, 0.3) is 0 Å². The van der Waals surface area contributed by atoms with Crippen molar-refractivity contribution in [3.05, 3.63) is 0 Å². The van der Waals surface area contributed by atoms with Crippen LogP contribution in [0.3, 0.4) is 0 Å². The predicted octanol–water partition coefficient (Wildman–Crippen LogP) is 1.96. The van der Waals surface area contributed by atoms with Crippen molar-refractivity contribution in [3.63, 3.8) is 0 Å². The number of hydrogen-bond donors (Lipinski definition) is 2. The van der Waals surface area contributed by atoms with Gasteiger partial charge in [0, 0.05) is 0 Å². The third-order valence-corrected chi connectivity index (χ3v) is 3.59. The van der Waals surface area contributed by atoms with Crippen molar-refractivity contribution >= 4 is 11.6 Å². The first kappa shape index (κ1) is 20.2. The standard InChI is InChI=1S/C16H32N2O3/c1-3-5-7-9-15(13(19)11-17)21-16(14(20)12-18)10-8-6-4-2/h15-16H,3-12,17-18H2,1-2H3. The predicted molar refractivity (Wildman–Crippen MR) is 85.1 cm³/mol. The number of nitrogens with two attached hydrogens (primary N) is 2. The van der Waals surface area contributed by atoms with Crippen LogP contribution in [0.4, 0.5) is 0 Å². The first-order valence-corrected chi connectivity index (χ1v) is 8.21. The zero-order valence-corrected chi connectivity index (χ0v) is 13.6. The molecule has 5 nitrogen and oxygen atoms in total. The van der Waals surface area contributed by atoms with E-state index in [9.17, 15) is 9.59 Å². The number of unbranched alkanes of at least 4 members (excludes halogenated alkanes) is 4. The van der Waals surface area contributed by atoms with Gasteiger partial charge in [0.05, 0.1) is 13.1 Å². The first-order chi connectivity index (χ1) is 10.1. The molecule has 0 aromatic carbocycles. The third kappa shape index (κ3) is 8.96. The number of Topliss-reactive ketones (excluding diaryl/α,β-unsaturated/α-hetero) is 2. The molecule has 2 atom stereocenters. The van der Waals surface area contributed by atoms with Gasteiger partial charge in [0.1, 0.15) is 12.2 Å². The van der Waals surface area contributed by atoms with Crippen LogP contribution in [-0.4, -0.2) is 36.9 Å². The van der Waals surface area contributed by atoms with Gasteiger partial charge in [-0.15, -0.1) is 0 Å². The van der Waals surface area contributed by atoms with E-state index in [4.69, 9.17) is 16.2 Å². The Morgan fingerprint density at radius 3 is 1.48 bits per heavy atom. The molecule has 0 fully saturated rings. The lowest BCUT2D eigenvalue weighted by Crippen LogP contribution is -2.39. The number of hydrogen-bond acceptors (Lipinski definition) is 5. The molecular formula is C16H32N2O3. The zero-order valence-electron chi connectivity index (χ0n) is 13.6. The van der Waals surface area contributed by atoms with E-state index in [-0.39, 0.29) is 24.7 Å². The van der Waals surface area contributed by atoms with E-state index >= 15 is 0 Å². The van der Waals surface area contributed by atoms with Crippen LogP contribution >= 0.6 is 0 Å². The van der Waals surface area contributed by atoms with Gasteiger partial charge in [-0.3, -0.25) is 9.59 Å². The van der Waals surface area contributed by atoms with Gasteiger partial charge < -0.3 is 16.2 Å². The van der Waals surface area contributed by atoms with E-state index in [0.29, 0.717) is 12.8 Å². The summed E-state index contributed by atoms with van der Waals surface area (Å²) in [6, 6.07) is 0. The molecule has 5 heteroatoms. The molecule has 0 saturated heterocycles. The van der Waals surface area contributed by atoms with Gasteiger partial charge in [-0.1, -0.05) is 52.4 Å². The van der Waals surface area contributed by atoms with Crippen molar-refractivity contribution in [1.29, 1.82) is 0 Å². The Kier molecular flexibility index (Phi) is 12.4. The summed E-state index contributed by atoms with van der Waals surface area (Å²) in [5.74, 6) is -0.257. The minimum Gasteiger partial charge on any atom is -0.359 e. The van der Waals surface area contributed by atoms with E-state index in [0.717, 1.165) is 38.5 Å². The van der Waals surface area contributed by atoms with Crippen molar-refractivity contribution in [1.82, 2.24) is 0 Å². The molecule has 124 valence electrons. The van der Waals surface area contributed by atoms with Gasteiger partial charge in [0.25, 0.3) is 0 Å². The fourth-order valence-electron chi connectivity index (χ4n) is 2.23. The molecule has 0 spiro atoms. The van der Waals surface area contributed by atoms with Gasteiger partial charge in [-0.25, -0.2) is 0 Å². The maximum absolute atomic E-state index is 11.9. The second-order valence-electron chi connectivity index (χ2n) is 5.45. The smallest absolute Gasteiger partial charge is 0.175 e. The van der Waals surface area contributed by atoms with E-state index in [1.807, 2.05) is 0 Å². The van der Waals surface area contributed by atoms with Crippen molar-refractivity contribution in [3.8, 4) is 0 Å². The van der Waals surface area contributed by atoms with Gasteiger partial charge in [-0.2, -0.15) is 0 Å². The lowest BCUT2D eigenvalue weighted by molar-refractivity contribution is -0.143. The highest BCUT2D eigenvalue weighted by Crippen LogP contribution is 2.15. The van der Waals surface area contributed by atoms with Crippen molar-refractivity contribution in [2.24, 2.45) is 11.5 Å². The first-order valence-electron chi connectivity index (χ1n) is 8.21. The normalized spacial score (nSPS) is 13.9. The highest BCUT2D eigenvalue weighted by molar-refractivity contribution is 5.87. The van der Waals surface area contributed by atoms with Crippen LogP contribution in [-0.2, 0) is 14.3 Å². The van der Waals surface area contributed by atoms with Crippen LogP contribution in [0.5, 0.6) is 0 Å². The molecule has 0 radical (unpaired) electrons. The lowest BCUT2D eigenvalue weighted by atomic mass is 10.0. The summed E-state index contributed by atoms with van der Waals surface area (Å²) in [4.78, 5) is 23.8. The molecule has 0 aliphatic carbocycles. The van der Waals surface area contributed by atoms with Crippen molar-refractivity contribution < 1.29 is 14.3 Å². The number of carbonyl (C=O) groups is 2. The van der Waals surface area contributed by atoms with Crippen molar-refractivity contribution in [2.45, 2.75) is 77.4 Å². The molecule has 0 heterocycles. The SMILES string of the molecule is CCCCCC(OC(CCCCC)C(=O)CN)C(=O)CN. The fourth-order valence-corrected chi connectivity index (χ4v) is 2.23. The molecule has 0 aromatic rings. The maximum atomic E-state index is 11.9. The quantitative estimate of drug-likeness (QED) is 0.478. The summed E-state index contributed by atoms with van der Waals surface area (Å²) < 4.78 is 5.79. The molecule has 0 aliphatic rings. The Morgan fingerprint density at radius 1 is 0.810 bits per heavy atom. The summed E-state index contributed by atoms with van der Waals surface area (Å²) in [5.41, 5.74) is 10.9. The molecular weight excluding hydrogens is 268 g/mol. The van der Waals surface area contributed by atoms with E-state index < -0.39 is 12.2 Å². The molecule has 0 bridgehead atoms. The van der Waals surface area contributed by atoms with Crippen LogP contribution in [0.1, 0.15) is 65.2 Å². The Balaban J connectivity index is 4.59. The molecule has 0 aliphatic heterocycles. The molecule has 0 aromatic heterocycles. The fraction of sp³-hybridized carbons (Fsp3) is 0.875. The van der Waals surface area contributed by atoms with Crippen LogP contribution < -0.4 is 11.5 Å². The molecule has 4 N–H and O–H groups in total. The molecule has 0 saturated carbocycles. The molecule has 0 rings (SSSR count). The van der Waals surface area contributed by atoms with E-state index in [1.54, 1.807) is 0 Å². The van der Waals surface area contributed by atoms with Gasteiger partial charge >= 0.3 is 0 Å². The second kappa shape index (κ2) is 12.9. The minimum absolute atomic E-state index is 0.0463. The highest BCUT2D eigenvalue weighted by atomic mass is 16.5. The number of ketones is 2. The van der Waals surface area contributed by atoms with E-state index in [1.165, 1.54) is 0 Å². The summed E-state index contributed by atoms with van der Waals surface area (Å²) in [7, 11) is 0. The number of ether oxygens (including phenoxy) is 1. The molecule has 21 heavy (non-hydrogen) atoms. The second-order valence-corrected chi connectivity index (χ2v) is 5.45. The largest absolute Gasteiger partial charge is 0.359 e. The Hall–Kier alpha value is -0.780. The topological polar surface area (TPSA) is 95.4 Å². The number of rotatable bonds is 14. The summed E-state index contributed by atoms with van der Waals surface area (Å²) >= 11 is 0. The molecule has 2 unspecified atom stereocenters. The Bertz CT molecular complexity index is 267. The maximum Gasteiger partial charge on any atom is 0.175 e. The van der Waals surface area contributed by atoms with Crippen LogP contribution in [0.2, 0.25) is 0 Å². The Morgan fingerprint density at radius 2 is 1.19 bits per heavy atom. The monoisotopic (exact) mass is 300 g/mol. The zero-order chi connectivity index (χ0) is 16.1. The average molecular weight is 300 g/mol. The average Bonchev–Trinajstić information content (AvgIpc) is 2.51. The summed E-state index contributed by atoms with van der Waals surface area (Å²) in [6.07, 6.45) is 6.18. The molecule has 0 amide bonds. The van der Waals surface area contributed by atoms with Crippen molar-refractivity contribution in [2.75, 3.05) is 13.1 Å². The van der Waals surface area contributed by atoms with E-state index in [2.05, 4.69) is 13.8 Å². The third-order valence-electron chi connectivity index (χ3n) is 3.59. The minimum atomic E-state index is -0.566. The van der Waals surface area contributed by atoms with Gasteiger partial charge in [0.2, 0.25) is 0 Å². The van der Waals surface area contributed by atoms with Crippen LogP contribution in [0.15, 0.2) is 0 Å². The summed E-state index contributed by atoms with van der Waals surface area (Å²) in [6.45, 7) is 4.11. The number of carbonyl (C=O) groups excluding carboxylic acids is 2. The van der Waals surface area contributed by atoms with Crippen LogP contribution in [0, 0.1) is 0 Å². The Labute approximate surface area is 128 Å².